The maximum atomic E-state index is 3.54. The van der Waals surface area contributed by atoms with Crippen LogP contribution in [-0.4, -0.2) is 12.6 Å². The predicted molar refractivity (Wildman–Crippen MR) is 67.2 cm³/mol. The molecule has 1 unspecified atom stereocenters. The fraction of sp³-hybridized carbons (Fsp3) is 0.571. The van der Waals surface area contributed by atoms with Crippen LogP contribution in [0.4, 0.5) is 0 Å². The summed E-state index contributed by atoms with van der Waals surface area (Å²) in [7, 11) is 0. The van der Waals surface area contributed by atoms with Crippen LogP contribution in [0.15, 0.2) is 30.3 Å². The number of rotatable bonds is 5. The molecular formula is C14H23N. The van der Waals surface area contributed by atoms with E-state index >= 15 is 0 Å². The van der Waals surface area contributed by atoms with Crippen LogP contribution in [0.5, 0.6) is 0 Å². The van der Waals surface area contributed by atoms with Crippen LogP contribution in [-0.2, 0) is 5.41 Å². The fourth-order valence-corrected chi connectivity index (χ4v) is 1.70. The monoisotopic (exact) mass is 205 g/mol. The molecule has 1 rings (SSSR count). The molecule has 0 saturated heterocycles. The molecule has 0 spiro atoms. The van der Waals surface area contributed by atoms with E-state index in [4.69, 9.17) is 0 Å². The standard InChI is InChI=1S/C14H23N/c1-5-14(4,11-15-12(2)3)13-9-7-6-8-10-13/h6-10,12,15H,5,11H2,1-4H3. The highest BCUT2D eigenvalue weighted by Gasteiger charge is 2.23. The van der Waals surface area contributed by atoms with Gasteiger partial charge in [-0.15, -0.1) is 0 Å². The van der Waals surface area contributed by atoms with Gasteiger partial charge in [0.2, 0.25) is 0 Å². The van der Waals surface area contributed by atoms with Gasteiger partial charge in [-0.1, -0.05) is 58.0 Å². The number of hydrogen-bond donors (Lipinski definition) is 1. The van der Waals surface area contributed by atoms with Gasteiger partial charge in [0.05, 0.1) is 0 Å². The first kappa shape index (κ1) is 12.3. The summed E-state index contributed by atoms with van der Waals surface area (Å²) >= 11 is 0. The molecule has 1 N–H and O–H groups in total. The Kier molecular flexibility index (Phi) is 4.34. The van der Waals surface area contributed by atoms with E-state index < -0.39 is 0 Å². The van der Waals surface area contributed by atoms with Crippen molar-refractivity contribution in [1.82, 2.24) is 5.32 Å². The van der Waals surface area contributed by atoms with E-state index in [2.05, 4.69) is 63.3 Å². The lowest BCUT2D eigenvalue weighted by atomic mass is 9.80. The highest BCUT2D eigenvalue weighted by Crippen LogP contribution is 2.26. The van der Waals surface area contributed by atoms with Crippen LogP contribution in [0.3, 0.4) is 0 Å². The van der Waals surface area contributed by atoms with Crippen molar-refractivity contribution in [3.8, 4) is 0 Å². The van der Waals surface area contributed by atoms with Crippen LogP contribution < -0.4 is 5.32 Å². The Morgan fingerprint density at radius 3 is 2.27 bits per heavy atom. The lowest BCUT2D eigenvalue weighted by Gasteiger charge is -2.30. The van der Waals surface area contributed by atoms with E-state index in [1.165, 1.54) is 5.56 Å². The van der Waals surface area contributed by atoms with Gasteiger partial charge in [-0.2, -0.15) is 0 Å². The normalized spacial score (nSPS) is 15.3. The quantitative estimate of drug-likeness (QED) is 0.777. The SMILES string of the molecule is CCC(C)(CNC(C)C)c1ccccc1. The van der Waals surface area contributed by atoms with Crippen molar-refractivity contribution in [3.05, 3.63) is 35.9 Å². The van der Waals surface area contributed by atoms with Gasteiger partial charge < -0.3 is 5.32 Å². The van der Waals surface area contributed by atoms with Gasteiger partial charge in [-0.3, -0.25) is 0 Å². The Labute approximate surface area is 93.9 Å². The van der Waals surface area contributed by atoms with Crippen molar-refractivity contribution >= 4 is 0 Å². The Morgan fingerprint density at radius 2 is 1.80 bits per heavy atom. The molecule has 0 bridgehead atoms. The molecule has 0 aliphatic rings. The number of hydrogen-bond acceptors (Lipinski definition) is 1. The van der Waals surface area contributed by atoms with Gasteiger partial charge in [-0.25, -0.2) is 0 Å². The zero-order chi connectivity index (χ0) is 11.3. The Morgan fingerprint density at radius 1 is 1.20 bits per heavy atom. The first-order chi connectivity index (χ1) is 7.08. The van der Waals surface area contributed by atoms with Crippen molar-refractivity contribution < 1.29 is 0 Å². The molecule has 0 aliphatic heterocycles. The van der Waals surface area contributed by atoms with Crippen molar-refractivity contribution in [3.63, 3.8) is 0 Å². The molecule has 1 heteroatoms. The summed E-state index contributed by atoms with van der Waals surface area (Å²) in [4.78, 5) is 0. The second-order valence-electron chi connectivity index (χ2n) is 4.82. The third-order valence-corrected chi connectivity index (χ3v) is 3.15. The van der Waals surface area contributed by atoms with Gasteiger partial charge in [0.15, 0.2) is 0 Å². The highest BCUT2D eigenvalue weighted by atomic mass is 14.9. The van der Waals surface area contributed by atoms with E-state index in [0.29, 0.717) is 6.04 Å². The van der Waals surface area contributed by atoms with Crippen LogP contribution in [0, 0.1) is 0 Å². The Bertz CT molecular complexity index is 279. The van der Waals surface area contributed by atoms with E-state index in [9.17, 15) is 0 Å². The average Bonchev–Trinajstić information content (AvgIpc) is 2.27. The fourth-order valence-electron chi connectivity index (χ4n) is 1.70. The first-order valence-electron chi connectivity index (χ1n) is 5.87. The molecule has 0 aromatic heterocycles. The van der Waals surface area contributed by atoms with Crippen molar-refractivity contribution in [2.45, 2.75) is 45.6 Å². The molecule has 0 amide bonds. The minimum absolute atomic E-state index is 0.255. The third-order valence-electron chi connectivity index (χ3n) is 3.15. The Balaban J connectivity index is 2.76. The highest BCUT2D eigenvalue weighted by molar-refractivity contribution is 5.24. The van der Waals surface area contributed by atoms with Crippen molar-refractivity contribution in [2.75, 3.05) is 6.54 Å². The molecule has 1 aromatic rings. The van der Waals surface area contributed by atoms with E-state index in [1.54, 1.807) is 0 Å². The summed E-state index contributed by atoms with van der Waals surface area (Å²) < 4.78 is 0. The van der Waals surface area contributed by atoms with Gasteiger partial charge in [0.25, 0.3) is 0 Å². The summed E-state index contributed by atoms with van der Waals surface area (Å²) in [5.74, 6) is 0. The lowest BCUT2D eigenvalue weighted by Crippen LogP contribution is -2.38. The Hall–Kier alpha value is -0.820. The van der Waals surface area contributed by atoms with Gasteiger partial charge in [0.1, 0.15) is 0 Å². The molecule has 0 fully saturated rings. The van der Waals surface area contributed by atoms with Crippen LogP contribution in [0.25, 0.3) is 0 Å². The minimum atomic E-state index is 0.255. The molecular weight excluding hydrogens is 182 g/mol. The van der Waals surface area contributed by atoms with E-state index in [1.807, 2.05) is 0 Å². The largest absolute Gasteiger partial charge is 0.314 e. The molecule has 15 heavy (non-hydrogen) atoms. The average molecular weight is 205 g/mol. The second kappa shape index (κ2) is 5.32. The molecule has 0 aliphatic carbocycles. The summed E-state index contributed by atoms with van der Waals surface area (Å²) in [6.07, 6.45) is 1.16. The van der Waals surface area contributed by atoms with Crippen LogP contribution in [0.2, 0.25) is 0 Å². The van der Waals surface area contributed by atoms with Crippen LogP contribution >= 0.6 is 0 Å². The first-order valence-corrected chi connectivity index (χ1v) is 5.87. The zero-order valence-corrected chi connectivity index (χ0v) is 10.4. The van der Waals surface area contributed by atoms with Gasteiger partial charge in [-0.05, 0) is 12.0 Å². The topological polar surface area (TPSA) is 12.0 Å². The maximum Gasteiger partial charge on any atom is 0.00481 e. The molecule has 1 atom stereocenters. The predicted octanol–water partition coefficient (Wildman–Crippen LogP) is 3.35. The summed E-state index contributed by atoms with van der Waals surface area (Å²) in [5.41, 5.74) is 1.69. The molecule has 84 valence electrons. The number of benzene rings is 1. The second-order valence-corrected chi connectivity index (χ2v) is 4.82. The van der Waals surface area contributed by atoms with Crippen molar-refractivity contribution in [2.24, 2.45) is 0 Å². The van der Waals surface area contributed by atoms with Crippen molar-refractivity contribution in [1.29, 1.82) is 0 Å². The smallest absolute Gasteiger partial charge is 0.00481 e. The lowest BCUT2D eigenvalue weighted by molar-refractivity contribution is 0.398. The minimum Gasteiger partial charge on any atom is -0.314 e. The molecule has 0 heterocycles. The number of nitrogens with one attached hydrogen (secondary N) is 1. The summed E-state index contributed by atoms with van der Waals surface area (Å²) in [6, 6.07) is 11.3. The third kappa shape index (κ3) is 3.35. The van der Waals surface area contributed by atoms with E-state index in [-0.39, 0.29) is 5.41 Å². The summed E-state index contributed by atoms with van der Waals surface area (Å²) in [5, 5.41) is 3.54. The molecule has 1 aromatic carbocycles. The van der Waals surface area contributed by atoms with E-state index in [0.717, 1.165) is 13.0 Å². The molecule has 0 radical (unpaired) electrons. The van der Waals surface area contributed by atoms with Gasteiger partial charge >= 0.3 is 0 Å². The molecule has 1 nitrogen and oxygen atoms in total. The van der Waals surface area contributed by atoms with Gasteiger partial charge in [0, 0.05) is 18.0 Å². The summed E-state index contributed by atoms with van der Waals surface area (Å²) in [6.45, 7) is 10.0. The van der Waals surface area contributed by atoms with Crippen LogP contribution in [0.1, 0.15) is 39.7 Å². The maximum absolute atomic E-state index is 3.54. The zero-order valence-electron chi connectivity index (χ0n) is 10.4. The molecule has 0 saturated carbocycles.